The number of ether oxygens (including phenoxy) is 2. The molecule has 3 aromatic rings. The second-order valence-electron chi connectivity index (χ2n) is 14.6. The molecular formula is C37H43F2N6O10P. The number of halogens is 2. The van der Waals surface area contributed by atoms with Crippen molar-refractivity contribution in [2.45, 2.75) is 95.4 Å². The number of esters is 1. The molecule has 19 heteroatoms. The number of H-pyrrole nitrogens is 1. The number of carbonyl (C=O) groups is 6. The summed E-state index contributed by atoms with van der Waals surface area (Å²) in [5, 5.41) is 5.46. The monoisotopic (exact) mass is 800 g/mol. The van der Waals surface area contributed by atoms with Crippen LogP contribution in [0.5, 0.6) is 0 Å². The molecular weight excluding hydrogens is 757 g/mol. The minimum Gasteiger partial charge on any atom is -0.458 e. The Kier molecular flexibility index (Phi) is 13.1. The molecule has 0 bridgehead atoms. The second kappa shape index (κ2) is 17.5. The van der Waals surface area contributed by atoms with E-state index in [9.17, 15) is 42.1 Å². The molecule has 0 saturated carbocycles. The molecule has 2 saturated heterocycles. The Bertz CT molecular complexity index is 1970. The summed E-state index contributed by atoms with van der Waals surface area (Å²) in [5.74, 6) is -3.69. The number of nitrogens with zero attached hydrogens (tertiary/aromatic N) is 2. The standard InChI is InChI=1S/C37H43F2N6O10P/c1-36(2,3)54-34(50)26(12-14-30(40)46)42-32(48)29-13-10-24-15-16-44(35(51)53-20-21-7-5-4-6-8-21)19-28(33(49)45(24)29)43-31(47)27-18-22-17-23(9-11-25(22)41-27)37(38,39)55-56-52/h4-9,11,17-18,24,26,28-29,41H,10,12-16,19-20H2,1-3H3,(H2,40,46)(H,42,48)(H,43,47)/t24-,26+,28+,29+/m1/s1. The van der Waals surface area contributed by atoms with Gasteiger partial charge >= 0.3 is 26.9 Å². The maximum atomic E-state index is 14.5. The number of hydrogen-bond donors (Lipinski definition) is 4. The minimum atomic E-state index is -3.88. The van der Waals surface area contributed by atoms with E-state index >= 15 is 0 Å². The Morgan fingerprint density at radius 1 is 1.04 bits per heavy atom. The number of nitrogens with two attached hydrogens (primary N) is 1. The molecule has 5 rings (SSSR count). The number of rotatable bonds is 13. The van der Waals surface area contributed by atoms with Crippen LogP contribution in [0.4, 0.5) is 13.6 Å². The highest BCUT2D eigenvalue weighted by Gasteiger charge is 2.46. The number of hydrogen-bond acceptors (Lipinski definition) is 10. The molecule has 3 heterocycles. The zero-order valence-corrected chi connectivity index (χ0v) is 31.8. The lowest BCUT2D eigenvalue weighted by Crippen LogP contribution is -2.61. The highest BCUT2D eigenvalue weighted by Crippen LogP contribution is 2.35. The molecule has 300 valence electrons. The van der Waals surface area contributed by atoms with Gasteiger partial charge in [-0.2, -0.15) is 8.78 Å². The SMILES string of the molecule is CC(C)(C)OC(=O)[C@H](CCC(N)=O)NC(=O)[C@@H]1CC[C@@H]2CCN(C(=O)OCc3ccccc3)C[C@H](NC(=O)c3cc4cc(C(F)(F)OP=O)ccc4[nH]3)C(=O)N21. The Morgan fingerprint density at radius 3 is 2.45 bits per heavy atom. The molecule has 2 aliphatic rings. The maximum absolute atomic E-state index is 14.5. The van der Waals surface area contributed by atoms with Crippen molar-refractivity contribution in [1.82, 2.24) is 25.4 Å². The van der Waals surface area contributed by atoms with Crippen molar-refractivity contribution in [2.24, 2.45) is 5.73 Å². The van der Waals surface area contributed by atoms with Crippen molar-refractivity contribution < 1.29 is 56.1 Å². The van der Waals surface area contributed by atoms with E-state index in [-0.39, 0.29) is 62.0 Å². The van der Waals surface area contributed by atoms with Gasteiger partial charge in [-0.15, -0.1) is 0 Å². The van der Waals surface area contributed by atoms with Crippen LogP contribution in [0.1, 0.15) is 74.5 Å². The van der Waals surface area contributed by atoms with Crippen LogP contribution in [-0.4, -0.2) is 93.3 Å². The van der Waals surface area contributed by atoms with Crippen LogP contribution in [0.15, 0.2) is 54.6 Å². The molecule has 2 aromatic carbocycles. The molecule has 2 fully saturated rings. The van der Waals surface area contributed by atoms with Crippen LogP contribution in [0.25, 0.3) is 10.9 Å². The number of benzene rings is 2. The fourth-order valence-electron chi connectivity index (χ4n) is 6.66. The fraction of sp³-hybridized carbons (Fsp3) is 0.459. The normalized spacial score (nSPS) is 19.4. The van der Waals surface area contributed by atoms with Crippen molar-refractivity contribution in [3.8, 4) is 0 Å². The maximum Gasteiger partial charge on any atom is 0.410 e. The number of aromatic nitrogens is 1. The summed E-state index contributed by atoms with van der Waals surface area (Å²) in [6, 6.07) is 9.24. The van der Waals surface area contributed by atoms with Gasteiger partial charge in [-0.1, -0.05) is 30.3 Å². The number of nitrogens with one attached hydrogen (secondary N) is 3. The fourth-order valence-corrected chi connectivity index (χ4v) is 6.86. The van der Waals surface area contributed by atoms with Gasteiger partial charge in [0.25, 0.3) is 5.91 Å². The van der Waals surface area contributed by atoms with Gasteiger partial charge < -0.3 is 40.6 Å². The van der Waals surface area contributed by atoms with Crippen LogP contribution >= 0.6 is 8.69 Å². The van der Waals surface area contributed by atoms with Gasteiger partial charge in [0.05, 0.1) is 12.1 Å². The number of amides is 5. The molecule has 0 unspecified atom stereocenters. The van der Waals surface area contributed by atoms with Gasteiger partial charge in [-0.3, -0.25) is 19.2 Å². The Labute approximate surface area is 322 Å². The largest absolute Gasteiger partial charge is 0.458 e. The van der Waals surface area contributed by atoms with Gasteiger partial charge in [-0.25, -0.2) is 18.7 Å². The van der Waals surface area contributed by atoms with Crippen molar-refractivity contribution >= 4 is 55.3 Å². The third kappa shape index (κ3) is 10.4. The highest BCUT2D eigenvalue weighted by atomic mass is 31.1. The Hall–Kier alpha value is -5.48. The molecule has 2 aliphatic heterocycles. The van der Waals surface area contributed by atoms with E-state index in [1.807, 2.05) is 6.07 Å². The van der Waals surface area contributed by atoms with Crippen LogP contribution in [0.3, 0.4) is 0 Å². The smallest absolute Gasteiger partial charge is 0.410 e. The average Bonchev–Trinajstić information content (AvgIpc) is 3.76. The van der Waals surface area contributed by atoms with Crippen LogP contribution < -0.4 is 16.4 Å². The first-order valence-corrected chi connectivity index (χ1v) is 18.6. The van der Waals surface area contributed by atoms with Crippen LogP contribution in [-0.2, 0) is 50.5 Å². The van der Waals surface area contributed by atoms with Gasteiger partial charge in [0.15, 0.2) is 0 Å². The predicted octanol–water partition coefficient (Wildman–Crippen LogP) is 4.03. The van der Waals surface area contributed by atoms with Crippen molar-refractivity contribution in [2.75, 3.05) is 13.1 Å². The summed E-state index contributed by atoms with van der Waals surface area (Å²) >= 11 is 0. The lowest BCUT2D eigenvalue weighted by atomic mass is 10.1. The second-order valence-corrected chi connectivity index (χ2v) is 14.9. The first-order valence-electron chi connectivity index (χ1n) is 17.9. The molecule has 0 spiro atoms. The molecule has 5 N–H and O–H groups in total. The number of primary amides is 1. The van der Waals surface area contributed by atoms with Crippen molar-refractivity contribution in [3.05, 3.63) is 71.4 Å². The summed E-state index contributed by atoms with van der Waals surface area (Å²) in [6.45, 7) is 4.62. The summed E-state index contributed by atoms with van der Waals surface area (Å²) in [7, 11) is -1.23. The van der Waals surface area contributed by atoms with Gasteiger partial charge in [-0.05, 0) is 76.3 Å². The van der Waals surface area contributed by atoms with Crippen molar-refractivity contribution in [3.63, 3.8) is 0 Å². The number of alkyl halides is 2. The Balaban J connectivity index is 1.40. The van der Waals surface area contributed by atoms with Crippen molar-refractivity contribution in [1.29, 1.82) is 0 Å². The van der Waals surface area contributed by atoms with Gasteiger partial charge in [0.2, 0.25) is 17.7 Å². The van der Waals surface area contributed by atoms with Crippen LogP contribution in [0, 0.1) is 0 Å². The molecule has 56 heavy (non-hydrogen) atoms. The summed E-state index contributed by atoms with van der Waals surface area (Å²) in [5.41, 5.74) is 4.69. The van der Waals surface area contributed by atoms with Crippen LogP contribution in [0.2, 0.25) is 0 Å². The first kappa shape index (κ1) is 41.7. The van der Waals surface area contributed by atoms with E-state index in [1.54, 1.807) is 45.0 Å². The predicted molar refractivity (Wildman–Crippen MR) is 195 cm³/mol. The van der Waals surface area contributed by atoms with Gasteiger partial charge in [0, 0.05) is 29.9 Å². The molecule has 1 aromatic heterocycles. The molecule has 4 atom stereocenters. The zero-order valence-electron chi connectivity index (χ0n) is 30.9. The quantitative estimate of drug-likeness (QED) is 0.144. The third-order valence-corrected chi connectivity index (χ3v) is 9.61. The lowest BCUT2D eigenvalue weighted by Gasteiger charge is -2.38. The number of carbonyl (C=O) groups excluding carboxylic acids is 6. The summed E-state index contributed by atoms with van der Waals surface area (Å²) in [6.07, 6.45) is -4.20. The topological polar surface area (TPSA) is 220 Å². The summed E-state index contributed by atoms with van der Waals surface area (Å²) in [4.78, 5) is 85.6. The third-order valence-electron chi connectivity index (χ3n) is 9.30. The number of aromatic amines is 1. The minimum absolute atomic E-state index is 0.0525. The molecule has 0 aliphatic carbocycles. The van der Waals surface area contributed by atoms with E-state index in [0.29, 0.717) is 6.42 Å². The molecule has 16 nitrogen and oxygen atoms in total. The Morgan fingerprint density at radius 2 is 1.77 bits per heavy atom. The van der Waals surface area contributed by atoms with E-state index in [0.717, 1.165) is 17.7 Å². The highest BCUT2D eigenvalue weighted by molar-refractivity contribution is 7.17. The van der Waals surface area contributed by atoms with Gasteiger partial charge in [0.1, 0.15) is 36.0 Å². The van der Waals surface area contributed by atoms with E-state index < -0.39 is 85.8 Å². The molecule has 5 amide bonds. The van der Waals surface area contributed by atoms with E-state index in [2.05, 4.69) is 20.1 Å². The number of fused-ring (bicyclic) bond motifs is 2. The molecule has 0 radical (unpaired) electrons. The van der Waals surface area contributed by atoms with E-state index in [4.69, 9.17) is 15.2 Å². The lowest BCUT2D eigenvalue weighted by molar-refractivity contribution is -0.178. The first-order chi connectivity index (χ1) is 26.5. The van der Waals surface area contributed by atoms with E-state index in [1.165, 1.54) is 21.9 Å². The zero-order chi connectivity index (χ0) is 40.8. The average molecular weight is 801 g/mol. The summed E-state index contributed by atoms with van der Waals surface area (Å²) < 4.78 is 54.3.